The second kappa shape index (κ2) is 7.43. The summed E-state index contributed by atoms with van der Waals surface area (Å²) in [5, 5.41) is 0. The fourth-order valence-electron chi connectivity index (χ4n) is 3.58. The first-order valence-corrected chi connectivity index (χ1v) is 9.67. The van der Waals surface area contributed by atoms with Gasteiger partial charge in [0.1, 0.15) is 0 Å². The fraction of sp³-hybridized carbons (Fsp3) is 0.125. The molecule has 1 atom stereocenters. The molecule has 26 heavy (non-hydrogen) atoms. The second-order valence-corrected chi connectivity index (χ2v) is 7.51. The molecule has 3 aromatic carbocycles. The molecular weight excluding hydrogens is 384 g/mol. The Bertz CT molecular complexity index is 899. The first-order valence-electron chi connectivity index (χ1n) is 8.87. The van der Waals surface area contributed by atoms with Crippen molar-refractivity contribution in [2.45, 2.75) is 12.8 Å². The van der Waals surface area contributed by atoms with Gasteiger partial charge in [-0.15, -0.1) is 0 Å². The molecule has 0 bridgehead atoms. The van der Waals surface area contributed by atoms with E-state index < -0.39 is 0 Å². The molecule has 1 aliphatic carbocycles. The van der Waals surface area contributed by atoms with Crippen molar-refractivity contribution in [2.75, 3.05) is 0 Å². The lowest BCUT2D eigenvalue weighted by Crippen LogP contribution is -2.26. The second-order valence-electron chi connectivity index (χ2n) is 6.59. The molecule has 1 fully saturated rings. The van der Waals surface area contributed by atoms with Crippen LogP contribution >= 0.6 is 15.9 Å². The summed E-state index contributed by atoms with van der Waals surface area (Å²) in [6, 6.07) is 28.5. The topological polar surface area (TPSA) is 17.1 Å². The highest BCUT2D eigenvalue weighted by molar-refractivity contribution is 9.10. The van der Waals surface area contributed by atoms with E-state index in [9.17, 15) is 4.79 Å². The van der Waals surface area contributed by atoms with E-state index in [1.807, 2.05) is 36.4 Å². The lowest BCUT2D eigenvalue weighted by molar-refractivity contribution is 0.0909. The van der Waals surface area contributed by atoms with Crippen molar-refractivity contribution < 1.29 is 4.79 Å². The highest BCUT2D eigenvalue weighted by atomic mass is 79.9. The summed E-state index contributed by atoms with van der Waals surface area (Å²) in [5.74, 6) is 0.203. The van der Waals surface area contributed by atoms with Crippen molar-refractivity contribution in [3.05, 3.63) is 112 Å². The maximum atomic E-state index is 13.1. The van der Waals surface area contributed by atoms with Crippen LogP contribution in [0.25, 0.3) is 5.57 Å². The average molecular weight is 403 g/mol. The third-order valence-corrected chi connectivity index (χ3v) is 5.54. The van der Waals surface area contributed by atoms with Crippen molar-refractivity contribution in [2.24, 2.45) is 5.92 Å². The number of halogens is 1. The minimum Gasteiger partial charge on any atom is -0.294 e. The zero-order chi connectivity index (χ0) is 17.9. The van der Waals surface area contributed by atoms with Gasteiger partial charge in [-0.3, -0.25) is 4.79 Å². The Morgan fingerprint density at radius 3 is 1.73 bits per heavy atom. The quantitative estimate of drug-likeness (QED) is 0.452. The van der Waals surface area contributed by atoms with Gasteiger partial charge in [0.2, 0.25) is 0 Å². The highest BCUT2D eigenvalue weighted by Crippen LogP contribution is 2.43. The largest absolute Gasteiger partial charge is 0.294 e. The first-order chi connectivity index (χ1) is 12.7. The predicted octanol–water partition coefficient (Wildman–Crippen LogP) is 6.54. The monoisotopic (exact) mass is 402 g/mol. The number of rotatable bonds is 4. The lowest BCUT2D eigenvalue weighted by atomic mass is 9.70. The van der Waals surface area contributed by atoms with Gasteiger partial charge in [-0.25, -0.2) is 0 Å². The van der Waals surface area contributed by atoms with E-state index in [0.29, 0.717) is 0 Å². The molecule has 1 aliphatic rings. The maximum absolute atomic E-state index is 13.1. The highest BCUT2D eigenvalue weighted by Gasteiger charge is 2.34. The molecule has 0 aromatic heterocycles. The number of hydrogen-bond acceptors (Lipinski definition) is 1. The molecule has 0 saturated heterocycles. The summed E-state index contributed by atoms with van der Waals surface area (Å²) >= 11 is 3.44. The molecule has 0 radical (unpaired) electrons. The molecule has 0 aliphatic heterocycles. The first kappa shape index (κ1) is 17.0. The lowest BCUT2D eigenvalue weighted by Gasteiger charge is -2.32. The normalized spacial score (nSPS) is 16.0. The zero-order valence-electron chi connectivity index (χ0n) is 14.4. The van der Waals surface area contributed by atoms with Crippen molar-refractivity contribution in [1.29, 1.82) is 0 Å². The third-order valence-electron chi connectivity index (χ3n) is 5.01. The summed E-state index contributed by atoms with van der Waals surface area (Å²) in [7, 11) is 0. The van der Waals surface area contributed by atoms with Gasteiger partial charge in [-0.05, 0) is 41.7 Å². The number of carbonyl (C=O) groups excluding carboxylic acids is 1. The molecule has 1 unspecified atom stereocenters. The molecule has 0 amide bonds. The van der Waals surface area contributed by atoms with Crippen LogP contribution in [-0.4, -0.2) is 5.78 Å². The van der Waals surface area contributed by atoms with Crippen LogP contribution in [0.1, 0.15) is 34.3 Å². The molecule has 0 spiro atoms. The summed E-state index contributed by atoms with van der Waals surface area (Å²) in [5.41, 5.74) is 5.63. The SMILES string of the molecule is O=C(c1ccc(Br)cc1)C1CCC1=C(c1ccccc1)c1ccccc1. The van der Waals surface area contributed by atoms with Crippen LogP contribution < -0.4 is 0 Å². The van der Waals surface area contributed by atoms with Crippen LogP contribution in [0.5, 0.6) is 0 Å². The number of Topliss-reactive ketones (excluding diaryl/α,β-unsaturated/α-hetero) is 1. The predicted molar refractivity (Wildman–Crippen MR) is 110 cm³/mol. The summed E-state index contributed by atoms with van der Waals surface area (Å²) in [4.78, 5) is 13.1. The summed E-state index contributed by atoms with van der Waals surface area (Å²) in [6.45, 7) is 0. The Hall–Kier alpha value is -2.45. The number of allylic oxidation sites excluding steroid dienone is 1. The zero-order valence-corrected chi connectivity index (χ0v) is 15.9. The van der Waals surface area contributed by atoms with Gasteiger partial charge < -0.3 is 0 Å². The fourth-order valence-corrected chi connectivity index (χ4v) is 3.85. The van der Waals surface area contributed by atoms with Gasteiger partial charge in [0, 0.05) is 16.0 Å². The van der Waals surface area contributed by atoms with Gasteiger partial charge in [0.25, 0.3) is 0 Å². The molecular formula is C24H19BrO. The van der Waals surface area contributed by atoms with Crippen LogP contribution in [0.3, 0.4) is 0 Å². The Kier molecular flexibility index (Phi) is 4.85. The molecule has 1 nitrogen and oxygen atoms in total. The van der Waals surface area contributed by atoms with Gasteiger partial charge in [-0.1, -0.05) is 94.3 Å². The third kappa shape index (κ3) is 3.30. The van der Waals surface area contributed by atoms with E-state index in [1.165, 1.54) is 22.3 Å². The molecule has 1 saturated carbocycles. The van der Waals surface area contributed by atoms with Crippen LogP contribution in [0.15, 0.2) is 95.0 Å². The van der Waals surface area contributed by atoms with E-state index in [1.54, 1.807) is 0 Å². The van der Waals surface area contributed by atoms with E-state index in [0.717, 1.165) is 22.9 Å². The molecule has 0 N–H and O–H groups in total. The number of hydrogen-bond donors (Lipinski definition) is 0. The minimum atomic E-state index is -0.0217. The maximum Gasteiger partial charge on any atom is 0.170 e. The molecule has 4 rings (SSSR count). The number of benzene rings is 3. The van der Waals surface area contributed by atoms with Gasteiger partial charge in [0.05, 0.1) is 0 Å². The standard InChI is InChI=1S/C24H19BrO/c25-20-13-11-19(12-14-20)24(26)22-16-15-21(22)23(17-7-3-1-4-8-17)18-9-5-2-6-10-18/h1-14,22H,15-16H2. The van der Waals surface area contributed by atoms with Crippen LogP contribution in [0.2, 0.25) is 0 Å². The smallest absolute Gasteiger partial charge is 0.170 e. The minimum absolute atomic E-state index is 0.0217. The number of carbonyl (C=O) groups is 1. The van der Waals surface area contributed by atoms with Crippen LogP contribution in [0.4, 0.5) is 0 Å². The molecule has 2 heteroatoms. The van der Waals surface area contributed by atoms with Crippen molar-refractivity contribution >= 4 is 27.3 Å². The van der Waals surface area contributed by atoms with Gasteiger partial charge >= 0.3 is 0 Å². The van der Waals surface area contributed by atoms with Crippen LogP contribution in [-0.2, 0) is 0 Å². The Morgan fingerprint density at radius 2 is 1.27 bits per heavy atom. The van der Waals surface area contributed by atoms with E-state index >= 15 is 0 Å². The summed E-state index contributed by atoms with van der Waals surface area (Å²) in [6.07, 6.45) is 1.90. The Balaban J connectivity index is 1.78. The molecule has 128 valence electrons. The van der Waals surface area contributed by atoms with Gasteiger partial charge in [0.15, 0.2) is 5.78 Å². The van der Waals surface area contributed by atoms with E-state index in [-0.39, 0.29) is 11.7 Å². The molecule has 3 aromatic rings. The Morgan fingerprint density at radius 1 is 0.731 bits per heavy atom. The van der Waals surface area contributed by atoms with Crippen molar-refractivity contribution in [3.63, 3.8) is 0 Å². The van der Waals surface area contributed by atoms with Crippen molar-refractivity contribution in [3.8, 4) is 0 Å². The van der Waals surface area contributed by atoms with Crippen LogP contribution in [0, 0.1) is 5.92 Å². The Labute approximate surface area is 162 Å². The molecule has 0 heterocycles. The van der Waals surface area contributed by atoms with Gasteiger partial charge in [-0.2, -0.15) is 0 Å². The number of ketones is 1. The average Bonchev–Trinajstić information content (AvgIpc) is 2.67. The summed E-state index contributed by atoms with van der Waals surface area (Å²) < 4.78 is 0.993. The van der Waals surface area contributed by atoms with E-state index in [4.69, 9.17) is 0 Å². The van der Waals surface area contributed by atoms with Crippen molar-refractivity contribution in [1.82, 2.24) is 0 Å². The van der Waals surface area contributed by atoms with E-state index in [2.05, 4.69) is 64.5 Å².